The lowest BCUT2D eigenvalue weighted by atomic mass is 9.93. The van der Waals surface area contributed by atoms with Crippen molar-refractivity contribution >= 4 is 0 Å². The van der Waals surface area contributed by atoms with Gasteiger partial charge in [-0.1, -0.05) is 69.3 Å². The molecule has 1 heteroatoms. The van der Waals surface area contributed by atoms with E-state index in [-0.39, 0.29) is 0 Å². The summed E-state index contributed by atoms with van der Waals surface area (Å²) in [4.78, 5) is 0. The Morgan fingerprint density at radius 3 is 2.18 bits per heavy atom. The number of benzene rings is 2. The Morgan fingerprint density at radius 2 is 1.55 bits per heavy atom. The van der Waals surface area contributed by atoms with Gasteiger partial charge in [-0.2, -0.15) is 0 Å². The van der Waals surface area contributed by atoms with Crippen LogP contribution in [0.4, 0.5) is 0 Å². The van der Waals surface area contributed by atoms with Gasteiger partial charge in [-0.3, -0.25) is 0 Å². The van der Waals surface area contributed by atoms with Gasteiger partial charge in [0.2, 0.25) is 0 Å². The zero-order chi connectivity index (χ0) is 15.9. The number of aryl methyl sites for hydroxylation is 2. The van der Waals surface area contributed by atoms with Gasteiger partial charge in [0, 0.05) is 12.6 Å². The van der Waals surface area contributed by atoms with E-state index in [0.717, 1.165) is 13.0 Å². The molecule has 0 heterocycles. The number of hydrogen-bond donors (Lipinski definition) is 1. The Bertz CT molecular complexity index is 586. The summed E-state index contributed by atoms with van der Waals surface area (Å²) in [5.41, 5.74) is 5.69. The van der Waals surface area contributed by atoms with Crippen LogP contribution >= 0.6 is 0 Å². The highest BCUT2D eigenvalue weighted by atomic mass is 14.9. The van der Waals surface area contributed by atoms with E-state index in [4.69, 9.17) is 0 Å². The van der Waals surface area contributed by atoms with Crippen LogP contribution in [-0.4, -0.2) is 0 Å². The second-order valence-corrected chi connectivity index (χ2v) is 6.54. The largest absolute Gasteiger partial charge is 0.306 e. The van der Waals surface area contributed by atoms with Crippen LogP contribution < -0.4 is 5.32 Å². The van der Waals surface area contributed by atoms with Gasteiger partial charge >= 0.3 is 0 Å². The first-order chi connectivity index (χ1) is 10.6. The lowest BCUT2D eigenvalue weighted by Gasteiger charge is -2.23. The van der Waals surface area contributed by atoms with Crippen molar-refractivity contribution in [1.29, 1.82) is 0 Å². The van der Waals surface area contributed by atoms with Crippen molar-refractivity contribution in [2.45, 2.75) is 53.1 Å². The maximum atomic E-state index is 3.80. The molecule has 1 nitrogen and oxygen atoms in total. The smallest absolute Gasteiger partial charge is 0.0328 e. The van der Waals surface area contributed by atoms with Gasteiger partial charge in [-0.05, 0) is 47.9 Å². The highest BCUT2D eigenvalue weighted by Gasteiger charge is 2.15. The van der Waals surface area contributed by atoms with E-state index in [1.807, 2.05) is 0 Å². The molecule has 1 N–H and O–H groups in total. The van der Waals surface area contributed by atoms with Crippen LogP contribution in [0.5, 0.6) is 0 Å². The lowest BCUT2D eigenvalue weighted by molar-refractivity contribution is 0.427. The molecule has 2 aromatic rings. The van der Waals surface area contributed by atoms with Crippen LogP contribution in [0.1, 0.15) is 55.5 Å². The van der Waals surface area contributed by atoms with Crippen molar-refractivity contribution in [1.82, 2.24) is 5.32 Å². The molecule has 0 amide bonds. The Kier molecular flexibility index (Phi) is 6.21. The molecule has 0 saturated heterocycles. The monoisotopic (exact) mass is 295 g/mol. The highest BCUT2D eigenvalue weighted by molar-refractivity contribution is 5.30. The third-order valence-corrected chi connectivity index (χ3v) is 4.31. The minimum absolute atomic E-state index is 0.422. The second kappa shape index (κ2) is 8.14. The second-order valence-electron chi connectivity index (χ2n) is 6.54. The van der Waals surface area contributed by atoms with Crippen LogP contribution in [-0.2, 0) is 13.0 Å². The summed E-state index contributed by atoms with van der Waals surface area (Å²) < 4.78 is 0. The first-order valence-corrected chi connectivity index (χ1v) is 8.47. The predicted molar refractivity (Wildman–Crippen MR) is 96.0 cm³/mol. The molecule has 2 aromatic carbocycles. The van der Waals surface area contributed by atoms with Crippen molar-refractivity contribution in [2.75, 3.05) is 0 Å². The van der Waals surface area contributed by atoms with E-state index in [1.165, 1.54) is 28.7 Å². The zero-order valence-corrected chi connectivity index (χ0v) is 14.4. The minimum Gasteiger partial charge on any atom is -0.306 e. The molecule has 22 heavy (non-hydrogen) atoms. The molecule has 1 unspecified atom stereocenters. The zero-order valence-electron chi connectivity index (χ0n) is 14.4. The van der Waals surface area contributed by atoms with E-state index < -0.39 is 0 Å². The molecule has 2 rings (SSSR count). The molecule has 0 bridgehead atoms. The van der Waals surface area contributed by atoms with Crippen LogP contribution in [0.2, 0.25) is 0 Å². The van der Waals surface area contributed by atoms with Crippen LogP contribution in [0.3, 0.4) is 0 Å². The maximum absolute atomic E-state index is 3.80. The fraction of sp³-hybridized carbons (Fsp3) is 0.429. The molecule has 0 aliphatic rings. The van der Waals surface area contributed by atoms with E-state index >= 15 is 0 Å². The van der Waals surface area contributed by atoms with E-state index in [0.29, 0.717) is 12.0 Å². The van der Waals surface area contributed by atoms with Gasteiger partial charge in [-0.15, -0.1) is 0 Å². The van der Waals surface area contributed by atoms with Crippen LogP contribution in [0, 0.1) is 12.8 Å². The molecular weight excluding hydrogens is 266 g/mol. The Hall–Kier alpha value is -1.60. The number of hydrogen-bond acceptors (Lipinski definition) is 1. The van der Waals surface area contributed by atoms with E-state index in [1.54, 1.807) is 0 Å². The van der Waals surface area contributed by atoms with Crippen LogP contribution in [0.15, 0.2) is 48.5 Å². The van der Waals surface area contributed by atoms with Gasteiger partial charge in [0.1, 0.15) is 0 Å². The summed E-state index contributed by atoms with van der Waals surface area (Å²) in [6.45, 7) is 9.98. The van der Waals surface area contributed by atoms with Crippen molar-refractivity contribution in [3.8, 4) is 0 Å². The molecular formula is C21H29N. The first-order valence-electron chi connectivity index (χ1n) is 8.47. The van der Waals surface area contributed by atoms with Gasteiger partial charge in [-0.25, -0.2) is 0 Å². The molecule has 0 fully saturated rings. The molecule has 0 radical (unpaired) electrons. The van der Waals surface area contributed by atoms with E-state index in [2.05, 4.69) is 81.5 Å². The number of nitrogens with one attached hydrogen (secondary N) is 1. The van der Waals surface area contributed by atoms with Gasteiger partial charge < -0.3 is 5.32 Å². The first kappa shape index (κ1) is 16.8. The predicted octanol–water partition coefficient (Wildman–Crippen LogP) is 5.43. The SMILES string of the molecule is CCc1ccccc1CNC(CC(C)C)c1ccccc1C. The molecule has 0 aliphatic carbocycles. The third kappa shape index (κ3) is 4.45. The summed E-state index contributed by atoms with van der Waals surface area (Å²) in [5, 5.41) is 3.80. The fourth-order valence-corrected chi connectivity index (χ4v) is 3.08. The highest BCUT2D eigenvalue weighted by Crippen LogP contribution is 2.25. The lowest BCUT2D eigenvalue weighted by Crippen LogP contribution is -2.23. The quantitative estimate of drug-likeness (QED) is 0.717. The summed E-state index contributed by atoms with van der Waals surface area (Å²) in [6.07, 6.45) is 2.26. The topological polar surface area (TPSA) is 12.0 Å². The van der Waals surface area contributed by atoms with Gasteiger partial charge in [0.25, 0.3) is 0 Å². The summed E-state index contributed by atoms with van der Waals surface area (Å²) in [6, 6.07) is 17.9. The molecule has 0 aromatic heterocycles. The summed E-state index contributed by atoms with van der Waals surface area (Å²) >= 11 is 0. The molecule has 0 saturated carbocycles. The molecule has 1 atom stereocenters. The van der Waals surface area contributed by atoms with Gasteiger partial charge in [0.15, 0.2) is 0 Å². The third-order valence-electron chi connectivity index (χ3n) is 4.31. The maximum Gasteiger partial charge on any atom is 0.0328 e. The van der Waals surface area contributed by atoms with E-state index in [9.17, 15) is 0 Å². The van der Waals surface area contributed by atoms with Gasteiger partial charge in [0.05, 0.1) is 0 Å². The Morgan fingerprint density at radius 1 is 0.909 bits per heavy atom. The van der Waals surface area contributed by atoms with Crippen molar-refractivity contribution in [3.05, 3.63) is 70.8 Å². The normalized spacial score (nSPS) is 12.6. The van der Waals surface area contributed by atoms with Crippen LogP contribution in [0.25, 0.3) is 0 Å². The minimum atomic E-state index is 0.422. The summed E-state index contributed by atoms with van der Waals surface area (Å²) in [7, 11) is 0. The summed E-state index contributed by atoms with van der Waals surface area (Å²) in [5.74, 6) is 0.679. The fourth-order valence-electron chi connectivity index (χ4n) is 3.08. The molecule has 0 aliphatic heterocycles. The average Bonchev–Trinajstić information content (AvgIpc) is 2.52. The van der Waals surface area contributed by atoms with Crippen molar-refractivity contribution in [3.63, 3.8) is 0 Å². The van der Waals surface area contributed by atoms with Crippen molar-refractivity contribution < 1.29 is 0 Å². The number of rotatable bonds is 7. The molecule has 0 spiro atoms. The standard InChI is InChI=1S/C21H29N/c1-5-18-11-7-8-12-19(18)15-22-21(14-16(2)3)20-13-9-6-10-17(20)4/h6-13,16,21-22H,5,14-15H2,1-4H3. The Balaban J connectivity index is 2.15. The van der Waals surface area contributed by atoms with Crippen molar-refractivity contribution in [2.24, 2.45) is 5.92 Å². The average molecular weight is 295 g/mol. The molecule has 118 valence electrons. The Labute approximate surface area is 135 Å².